The van der Waals surface area contributed by atoms with Gasteiger partial charge < -0.3 is 10.5 Å². The monoisotopic (exact) mass is 355 g/mol. The number of hydrogen-bond donors (Lipinski definition) is 1. The van der Waals surface area contributed by atoms with Crippen molar-refractivity contribution in [3.8, 4) is 0 Å². The molecule has 1 aromatic heterocycles. The van der Waals surface area contributed by atoms with Gasteiger partial charge in [0.2, 0.25) is 0 Å². The number of nitrogen functional groups attached to an aromatic ring is 1. The van der Waals surface area contributed by atoms with Gasteiger partial charge in [0.25, 0.3) is 0 Å². The maximum atomic E-state index is 11.8. The topological polar surface area (TPSA) is 68.5 Å². The lowest BCUT2D eigenvalue weighted by atomic mass is 10.0. The van der Waals surface area contributed by atoms with Gasteiger partial charge in [0, 0.05) is 23.7 Å². The molecule has 2 N–H and O–H groups in total. The second kappa shape index (κ2) is 9.50. The molecule has 1 atom stereocenters. The number of rotatable bonds is 7. The Bertz CT molecular complexity index is 606. The van der Waals surface area contributed by atoms with E-state index in [4.69, 9.17) is 10.5 Å². The van der Waals surface area contributed by atoms with Gasteiger partial charge in [-0.2, -0.15) is 0 Å². The van der Waals surface area contributed by atoms with Crippen molar-refractivity contribution in [2.75, 3.05) is 19.4 Å². The molecule has 0 aliphatic carbocycles. The van der Waals surface area contributed by atoms with Crippen molar-refractivity contribution >= 4 is 34.8 Å². The van der Waals surface area contributed by atoms with Crippen LogP contribution in [0.5, 0.6) is 0 Å². The van der Waals surface area contributed by atoms with Crippen molar-refractivity contribution in [3.05, 3.63) is 47.0 Å². The molecule has 126 valence electrons. The molecule has 0 radical (unpaired) electrons. The van der Waals surface area contributed by atoms with E-state index in [2.05, 4.69) is 28.9 Å². The molecule has 7 heteroatoms. The molecule has 1 unspecified atom stereocenters. The first kappa shape index (κ1) is 19.4. The van der Waals surface area contributed by atoms with E-state index >= 15 is 0 Å². The molecule has 0 amide bonds. The average molecular weight is 356 g/mol. The number of carbonyl (C=O) groups excluding carboxylic acids is 1. The number of halogens is 1. The van der Waals surface area contributed by atoms with E-state index in [1.807, 2.05) is 18.2 Å². The average Bonchev–Trinajstić information content (AvgIpc) is 2.94. The van der Waals surface area contributed by atoms with Crippen molar-refractivity contribution in [3.63, 3.8) is 0 Å². The Labute approximate surface area is 146 Å². The van der Waals surface area contributed by atoms with Crippen LogP contribution in [0, 0.1) is 0 Å². The minimum atomic E-state index is -0.244. The molecule has 5 nitrogen and oxygen atoms in total. The lowest BCUT2D eigenvalue weighted by Crippen LogP contribution is -2.33. The van der Waals surface area contributed by atoms with Gasteiger partial charge >= 0.3 is 5.97 Å². The Morgan fingerprint density at radius 1 is 1.39 bits per heavy atom. The number of methoxy groups -OCH3 is 1. The van der Waals surface area contributed by atoms with E-state index in [1.54, 1.807) is 6.20 Å². The number of ether oxygens (including phenoxy) is 1. The van der Waals surface area contributed by atoms with Gasteiger partial charge in [-0.3, -0.25) is 9.69 Å². The fourth-order valence-electron chi connectivity index (χ4n) is 2.48. The molecule has 1 heterocycles. The van der Waals surface area contributed by atoms with E-state index in [0.29, 0.717) is 11.7 Å². The number of aromatic nitrogens is 1. The molecule has 0 saturated carbocycles. The minimum absolute atomic E-state index is 0. The molecular weight excluding hydrogens is 334 g/mol. The summed E-state index contributed by atoms with van der Waals surface area (Å²) in [7, 11) is 1.41. The maximum absolute atomic E-state index is 11.8. The molecule has 23 heavy (non-hydrogen) atoms. The summed E-state index contributed by atoms with van der Waals surface area (Å²) in [5, 5.41) is 0.542. The van der Waals surface area contributed by atoms with Crippen molar-refractivity contribution in [2.45, 2.75) is 25.9 Å². The zero-order valence-corrected chi connectivity index (χ0v) is 14.9. The highest BCUT2D eigenvalue weighted by molar-refractivity contribution is 7.15. The standard InChI is InChI=1S/C16H21N3O2S.ClH/c1-3-14(12-7-5-4-6-8-12)19(11-15(20)21-2)10-13-9-18-16(17)22-13;/h4-9,14H,3,10-11H2,1-2H3,(H2,17,18);1H. The highest BCUT2D eigenvalue weighted by Gasteiger charge is 2.22. The molecule has 0 spiro atoms. The Morgan fingerprint density at radius 3 is 2.61 bits per heavy atom. The van der Waals surface area contributed by atoms with Gasteiger partial charge in [-0.25, -0.2) is 4.98 Å². The second-order valence-corrected chi connectivity index (χ2v) is 6.13. The zero-order valence-electron chi connectivity index (χ0n) is 13.3. The van der Waals surface area contributed by atoms with Crippen LogP contribution in [0.25, 0.3) is 0 Å². The maximum Gasteiger partial charge on any atom is 0.319 e. The van der Waals surface area contributed by atoms with Gasteiger partial charge in [-0.05, 0) is 12.0 Å². The van der Waals surface area contributed by atoms with Crippen LogP contribution in [0.4, 0.5) is 5.13 Å². The zero-order chi connectivity index (χ0) is 15.9. The van der Waals surface area contributed by atoms with Gasteiger partial charge in [0.1, 0.15) is 0 Å². The number of nitrogens with zero attached hydrogens (tertiary/aromatic N) is 2. The van der Waals surface area contributed by atoms with E-state index in [-0.39, 0.29) is 31.0 Å². The van der Waals surface area contributed by atoms with Gasteiger partial charge in [-0.1, -0.05) is 37.3 Å². The van der Waals surface area contributed by atoms with E-state index in [9.17, 15) is 4.79 Å². The van der Waals surface area contributed by atoms with Gasteiger partial charge in [0.05, 0.1) is 13.7 Å². The van der Waals surface area contributed by atoms with E-state index in [1.165, 1.54) is 24.0 Å². The summed E-state index contributed by atoms with van der Waals surface area (Å²) in [6, 6.07) is 10.3. The van der Waals surface area contributed by atoms with Crippen LogP contribution < -0.4 is 5.73 Å². The van der Waals surface area contributed by atoms with Crippen LogP contribution in [0.15, 0.2) is 36.5 Å². The van der Waals surface area contributed by atoms with Crippen LogP contribution in [0.3, 0.4) is 0 Å². The van der Waals surface area contributed by atoms with Crippen molar-refractivity contribution in [2.24, 2.45) is 0 Å². The number of hydrogen-bond acceptors (Lipinski definition) is 6. The lowest BCUT2D eigenvalue weighted by Gasteiger charge is -2.30. The molecule has 0 fully saturated rings. The van der Waals surface area contributed by atoms with Gasteiger partial charge in [0.15, 0.2) is 5.13 Å². The van der Waals surface area contributed by atoms with Crippen molar-refractivity contribution < 1.29 is 9.53 Å². The third-order valence-corrected chi connectivity index (χ3v) is 4.31. The SMILES string of the molecule is CCC(c1ccccc1)N(CC(=O)OC)Cc1cnc(N)s1.Cl. The summed E-state index contributed by atoms with van der Waals surface area (Å²) in [5.41, 5.74) is 6.89. The molecule has 2 aromatic rings. The molecule has 1 aromatic carbocycles. The smallest absolute Gasteiger partial charge is 0.319 e. The Hall–Kier alpha value is -1.63. The quantitative estimate of drug-likeness (QED) is 0.772. The Kier molecular flexibility index (Phi) is 8.02. The first-order chi connectivity index (χ1) is 10.6. The molecule has 0 aliphatic rings. The Balaban J connectivity index is 0.00000264. The summed E-state index contributed by atoms with van der Waals surface area (Å²) >= 11 is 1.45. The third kappa shape index (κ3) is 5.49. The first-order valence-corrected chi connectivity index (χ1v) is 8.01. The summed E-state index contributed by atoms with van der Waals surface area (Å²) in [6.45, 7) is 2.97. The summed E-state index contributed by atoms with van der Waals surface area (Å²) < 4.78 is 4.84. The highest BCUT2D eigenvalue weighted by atomic mass is 35.5. The van der Waals surface area contributed by atoms with Crippen LogP contribution in [-0.2, 0) is 16.1 Å². The van der Waals surface area contributed by atoms with Crippen molar-refractivity contribution in [1.82, 2.24) is 9.88 Å². The third-order valence-electron chi connectivity index (χ3n) is 3.50. The fraction of sp³-hybridized carbons (Fsp3) is 0.375. The molecule has 0 bridgehead atoms. The summed E-state index contributed by atoms with van der Waals surface area (Å²) in [6.07, 6.45) is 2.66. The molecular formula is C16H22ClN3O2S. The molecule has 0 aliphatic heterocycles. The second-order valence-electron chi connectivity index (χ2n) is 4.98. The van der Waals surface area contributed by atoms with E-state index < -0.39 is 0 Å². The predicted octanol–water partition coefficient (Wildman–Crippen LogP) is 3.27. The minimum Gasteiger partial charge on any atom is -0.468 e. The lowest BCUT2D eigenvalue weighted by molar-refractivity contribution is -0.142. The number of carbonyl (C=O) groups is 1. The van der Waals surface area contributed by atoms with Crippen LogP contribution in [0.1, 0.15) is 29.8 Å². The van der Waals surface area contributed by atoms with Crippen LogP contribution in [-0.4, -0.2) is 29.5 Å². The van der Waals surface area contributed by atoms with Gasteiger partial charge in [-0.15, -0.1) is 23.7 Å². The van der Waals surface area contributed by atoms with E-state index in [0.717, 1.165) is 11.3 Å². The van der Waals surface area contributed by atoms with Crippen molar-refractivity contribution in [1.29, 1.82) is 0 Å². The number of benzene rings is 1. The summed E-state index contributed by atoms with van der Waals surface area (Å²) in [5.74, 6) is -0.244. The Morgan fingerprint density at radius 2 is 2.09 bits per heavy atom. The van der Waals surface area contributed by atoms with Crippen LogP contribution in [0.2, 0.25) is 0 Å². The first-order valence-electron chi connectivity index (χ1n) is 7.20. The highest BCUT2D eigenvalue weighted by Crippen LogP contribution is 2.27. The molecule has 0 saturated heterocycles. The number of nitrogens with two attached hydrogens (primary N) is 1. The number of esters is 1. The number of thiazole rings is 1. The van der Waals surface area contributed by atoms with Crippen LogP contribution >= 0.6 is 23.7 Å². The summed E-state index contributed by atoms with van der Waals surface area (Å²) in [4.78, 5) is 19.0. The number of anilines is 1. The molecule has 2 rings (SSSR count). The fourth-order valence-corrected chi connectivity index (χ4v) is 3.19. The largest absolute Gasteiger partial charge is 0.468 e. The normalized spacial score (nSPS) is 11.8. The predicted molar refractivity (Wildman–Crippen MR) is 95.7 cm³/mol.